The Balaban J connectivity index is 2.19. The maximum absolute atomic E-state index is 13.2. The maximum Gasteiger partial charge on any atom is 0.295 e. The molecule has 33 heavy (non-hydrogen) atoms. The second-order valence-electron chi connectivity index (χ2n) is 7.63. The van der Waals surface area contributed by atoms with Crippen molar-refractivity contribution in [1.29, 1.82) is 0 Å². The summed E-state index contributed by atoms with van der Waals surface area (Å²) in [4.78, 5) is 30.0. The number of nitrogens with zero attached hydrogens (tertiary/aromatic N) is 2. The number of ether oxygens (including phenoxy) is 2. The van der Waals surface area contributed by atoms with Gasteiger partial charge in [-0.2, -0.15) is 0 Å². The Morgan fingerprint density at radius 1 is 1.06 bits per heavy atom. The number of halogens is 1. The summed E-state index contributed by atoms with van der Waals surface area (Å²) in [6.45, 7) is 6.62. The second kappa shape index (κ2) is 10.7. The molecule has 0 bridgehead atoms. The highest BCUT2D eigenvalue weighted by Gasteiger charge is 2.47. The molecule has 1 heterocycles. The summed E-state index contributed by atoms with van der Waals surface area (Å²) >= 11 is 5.98. The number of carbonyl (C=O) groups excluding carboxylic acids is 2. The number of ketones is 1. The Hall–Kier alpha value is -3.03. The lowest BCUT2D eigenvalue weighted by atomic mass is 9.94. The summed E-state index contributed by atoms with van der Waals surface area (Å²) in [5.74, 6) is -0.626. The van der Waals surface area contributed by atoms with Gasteiger partial charge in [0.1, 0.15) is 17.3 Å². The lowest BCUT2D eigenvalue weighted by Crippen LogP contribution is -2.38. The van der Waals surface area contributed by atoms with Crippen molar-refractivity contribution < 1.29 is 24.2 Å². The lowest BCUT2D eigenvalue weighted by molar-refractivity contribution is -0.140. The first-order valence-corrected chi connectivity index (χ1v) is 11.2. The van der Waals surface area contributed by atoms with Gasteiger partial charge in [-0.3, -0.25) is 9.59 Å². The van der Waals surface area contributed by atoms with Crippen molar-refractivity contribution in [3.8, 4) is 11.5 Å². The van der Waals surface area contributed by atoms with Crippen LogP contribution < -0.4 is 9.47 Å². The molecular formula is C25H29ClN2O5. The van der Waals surface area contributed by atoms with Gasteiger partial charge in [-0.15, -0.1) is 0 Å². The molecule has 1 aliphatic rings. The van der Waals surface area contributed by atoms with Gasteiger partial charge in [-0.25, -0.2) is 0 Å². The van der Waals surface area contributed by atoms with E-state index in [1.165, 1.54) is 19.1 Å². The van der Waals surface area contributed by atoms with Gasteiger partial charge in [0.25, 0.3) is 11.7 Å². The number of hydrogen-bond donors (Lipinski definition) is 1. The fourth-order valence-electron chi connectivity index (χ4n) is 4.04. The lowest BCUT2D eigenvalue weighted by Gasteiger charge is -2.29. The minimum atomic E-state index is -0.832. The predicted molar refractivity (Wildman–Crippen MR) is 128 cm³/mol. The largest absolute Gasteiger partial charge is 0.507 e. The zero-order valence-electron chi connectivity index (χ0n) is 19.3. The third-order valence-corrected chi connectivity index (χ3v) is 6.19. The van der Waals surface area contributed by atoms with Crippen molar-refractivity contribution in [3.63, 3.8) is 0 Å². The molecule has 1 aliphatic heterocycles. The van der Waals surface area contributed by atoms with E-state index in [9.17, 15) is 14.7 Å². The van der Waals surface area contributed by atoms with E-state index in [0.29, 0.717) is 40.7 Å². The van der Waals surface area contributed by atoms with Crippen LogP contribution in [0.15, 0.2) is 48.0 Å². The molecule has 0 radical (unpaired) electrons. The molecule has 7 nitrogen and oxygen atoms in total. The predicted octanol–water partition coefficient (Wildman–Crippen LogP) is 4.12. The van der Waals surface area contributed by atoms with Crippen LogP contribution in [0.1, 0.15) is 31.0 Å². The van der Waals surface area contributed by atoms with Crippen molar-refractivity contribution in [1.82, 2.24) is 9.80 Å². The third kappa shape index (κ3) is 4.99. The van der Waals surface area contributed by atoms with E-state index in [0.717, 1.165) is 13.1 Å². The summed E-state index contributed by atoms with van der Waals surface area (Å²) in [6.07, 6.45) is 0. The molecule has 2 aromatic carbocycles. The first kappa shape index (κ1) is 24.6. The Kier molecular flexibility index (Phi) is 8.00. The van der Waals surface area contributed by atoms with Crippen LogP contribution in [0.2, 0.25) is 5.02 Å². The maximum atomic E-state index is 13.2. The number of likely N-dealkylation sites (tertiary alicyclic amines) is 1. The number of Topliss-reactive ketones (excluding diaryl/α,β-unsaturated/α-hetero) is 1. The number of methoxy groups -OCH3 is 2. The molecule has 0 saturated carbocycles. The zero-order chi connectivity index (χ0) is 24.1. The number of hydrogen-bond acceptors (Lipinski definition) is 6. The quantitative estimate of drug-likeness (QED) is 0.336. The number of amides is 1. The second-order valence-corrected chi connectivity index (χ2v) is 8.07. The van der Waals surface area contributed by atoms with Crippen LogP contribution in [0.4, 0.5) is 0 Å². The van der Waals surface area contributed by atoms with E-state index < -0.39 is 17.7 Å². The summed E-state index contributed by atoms with van der Waals surface area (Å²) < 4.78 is 10.9. The van der Waals surface area contributed by atoms with Crippen molar-refractivity contribution in [2.75, 3.05) is 40.4 Å². The highest BCUT2D eigenvalue weighted by atomic mass is 35.5. The van der Waals surface area contributed by atoms with Gasteiger partial charge >= 0.3 is 0 Å². The van der Waals surface area contributed by atoms with E-state index >= 15 is 0 Å². The van der Waals surface area contributed by atoms with E-state index in [1.54, 1.807) is 42.5 Å². The van der Waals surface area contributed by atoms with Gasteiger partial charge in [0.2, 0.25) is 0 Å². The summed E-state index contributed by atoms with van der Waals surface area (Å²) in [6, 6.07) is 10.8. The third-order valence-electron chi connectivity index (χ3n) is 5.94. The number of benzene rings is 2. The number of likely N-dealkylation sites (N-methyl/N-ethyl adjacent to an activating group) is 1. The van der Waals surface area contributed by atoms with E-state index in [4.69, 9.17) is 21.1 Å². The molecule has 0 spiro atoms. The summed E-state index contributed by atoms with van der Waals surface area (Å²) in [7, 11) is 3.06. The van der Waals surface area contributed by atoms with Crippen LogP contribution in [0.25, 0.3) is 5.76 Å². The molecule has 1 N–H and O–H groups in total. The summed E-state index contributed by atoms with van der Waals surface area (Å²) in [5.41, 5.74) is 0.965. The van der Waals surface area contributed by atoms with Crippen molar-refractivity contribution in [3.05, 3.63) is 64.2 Å². The fraction of sp³-hybridized carbons (Fsp3) is 0.360. The number of rotatable bonds is 9. The van der Waals surface area contributed by atoms with Crippen LogP contribution in [0, 0.1) is 0 Å². The molecule has 1 atom stereocenters. The highest BCUT2D eigenvalue weighted by molar-refractivity contribution is 6.46. The van der Waals surface area contributed by atoms with Crippen LogP contribution >= 0.6 is 11.6 Å². The number of carbonyl (C=O) groups is 2. The smallest absolute Gasteiger partial charge is 0.295 e. The number of aliphatic hydroxyl groups excluding tert-OH is 1. The molecule has 8 heteroatoms. The van der Waals surface area contributed by atoms with E-state index in [1.807, 2.05) is 13.8 Å². The van der Waals surface area contributed by atoms with Gasteiger partial charge < -0.3 is 24.4 Å². The van der Waals surface area contributed by atoms with Gasteiger partial charge in [0.05, 0.1) is 25.8 Å². The van der Waals surface area contributed by atoms with Gasteiger partial charge in [0.15, 0.2) is 0 Å². The normalized spacial score (nSPS) is 17.6. The first-order valence-electron chi connectivity index (χ1n) is 10.8. The van der Waals surface area contributed by atoms with Gasteiger partial charge in [-0.05, 0) is 55.6 Å². The Morgan fingerprint density at radius 2 is 1.73 bits per heavy atom. The van der Waals surface area contributed by atoms with Crippen LogP contribution in [0.3, 0.4) is 0 Å². The molecule has 3 rings (SSSR count). The Labute approximate surface area is 199 Å². The molecule has 2 aromatic rings. The average molecular weight is 473 g/mol. The topological polar surface area (TPSA) is 79.3 Å². The first-order chi connectivity index (χ1) is 15.9. The van der Waals surface area contributed by atoms with Crippen LogP contribution in [0.5, 0.6) is 11.5 Å². The van der Waals surface area contributed by atoms with E-state index in [2.05, 4.69) is 4.90 Å². The Morgan fingerprint density at radius 3 is 2.30 bits per heavy atom. The van der Waals surface area contributed by atoms with Gasteiger partial charge in [-0.1, -0.05) is 25.4 Å². The average Bonchev–Trinajstić information content (AvgIpc) is 3.09. The molecule has 1 saturated heterocycles. The SMILES string of the molecule is CCN(CC)CCN1C(=O)C(=O)/C(=C(/O)c2ccc(Cl)cc2)[C@@H]1c1cc(OC)ccc1OC. The van der Waals surface area contributed by atoms with Crippen molar-refractivity contribution in [2.45, 2.75) is 19.9 Å². The van der Waals surface area contributed by atoms with Crippen molar-refractivity contribution in [2.24, 2.45) is 0 Å². The molecule has 1 amide bonds. The minimum absolute atomic E-state index is 0.00780. The van der Waals surface area contributed by atoms with Crippen LogP contribution in [-0.2, 0) is 9.59 Å². The molecular weight excluding hydrogens is 444 g/mol. The molecule has 0 aromatic heterocycles. The number of aliphatic hydroxyl groups is 1. The van der Waals surface area contributed by atoms with Gasteiger partial charge in [0, 0.05) is 29.2 Å². The summed E-state index contributed by atoms with van der Waals surface area (Å²) in [5, 5.41) is 11.7. The standard InChI is InChI=1S/C25H29ClN2O5/c1-5-27(6-2)13-14-28-22(19-15-18(32-3)11-12-20(19)33-4)21(24(30)25(28)31)23(29)16-7-9-17(26)10-8-16/h7-12,15,22,29H,5-6,13-14H2,1-4H3/b23-21+/t22-/m0/s1. The Bertz CT molecular complexity index is 1050. The highest BCUT2D eigenvalue weighted by Crippen LogP contribution is 2.43. The van der Waals surface area contributed by atoms with Crippen molar-refractivity contribution >= 4 is 29.1 Å². The zero-order valence-corrected chi connectivity index (χ0v) is 20.1. The molecule has 1 fully saturated rings. The monoisotopic (exact) mass is 472 g/mol. The molecule has 176 valence electrons. The minimum Gasteiger partial charge on any atom is -0.507 e. The molecule has 0 aliphatic carbocycles. The van der Waals surface area contributed by atoms with Crippen LogP contribution in [-0.4, -0.2) is 67.0 Å². The fourth-order valence-corrected chi connectivity index (χ4v) is 4.17. The molecule has 0 unspecified atom stereocenters. The van der Waals surface area contributed by atoms with E-state index in [-0.39, 0.29) is 11.3 Å².